The van der Waals surface area contributed by atoms with Gasteiger partial charge in [-0.2, -0.15) is 0 Å². The third kappa shape index (κ3) is 4.07. The minimum atomic E-state index is 0.122. The van der Waals surface area contributed by atoms with Crippen LogP contribution in [-0.4, -0.2) is 11.0 Å². The molecule has 0 bridgehead atoms. The number of aryl methyl sites for hydroxylation is 2. The summed E-state index contributed by atoms with van der Waals surface area (Å²) in [5.41, 5.74) is 10.2. The Morgan fingerprint density at radius 2 is 2.00 bits per heavy atom. The fraction of sp³-hybridized carbons (Fsp3) is 0.353. The largest absolute Gasteiger partial charge is 0.487 e. The zero-order valence-corrected chi connectivity index (χ0v) is 12.4. The molecule has 0 amide bonds. The van der Waals surface area contributed by atoms with Crippen LogP contribution < -0.4 is 10.5 Å². The van der Waals surface area contributed by atoms with Gasteiger partial charge in [-0.3, -0.25) is 4.98 Å². The molecule has 1 aromatic heterocycles. The first kappa shape index (κ1) is 14.5. The number of aromatic nitrogens is 1. The predicted molar refractivity (Wildman–Crippen MR) is 81.8 cm³/mol. The van der Waals surface area contributed by atoms with Gasteiger partial charge >= 0.3 is 0 Å². The third-order valence-electron chi connectivity index (χ3n) is 3.08. The summed E-state index contributed by atoms with van der Waals surface area (Å²) < 4.78 is 5.92. The lowest BCUT2D eigenvalue weighted by Gasteiger charge is -2.14. The van der Waals surface area contributed by atoms with Crippen molar-refractivity contribution >= 4 is 0 Å². The molecule has 1 heterocycles. The van der Waals surface area contributed by atoms with E-state index in [1.807, 2.05) is 38.1 Å². The molecule has 0 aliphatic heterocycles. The molecule has 0 saturated heterocycles. The first-order valence-corrected chi connectivity index (χ1v) is 6.95. The van der Waals surface area contributed by atoms with Gasteiger partial charge < -0.3 is 10.5 Å². The summed E-state index contributed by atoms with van der Waals surface area (Å²) in [5.74, 6) is 0.899. The monoisotopic (exact) mass is 270 g/mol. The second kappa shape index (κ2) is 6.53. The van der Waals surface area contributed by atoms with Crippen molar-refractivity contribution in [2.24, 2.45) is 5.73 Å². The van der Waals surface area contributed by atoms with E-state index >= 15 is 0 Å². The van der Waals surface area contributed by atoms with Crippen molar-refractivity contribution in [1.82, 2.24) is 4.98 Å². The highest BCUT2D eigenvalue weighted by atomic mass is 16.5. The van der Waals surface area contributed by atoms with E-state index in [4.69, 9.17) is 10.5 Å². The maximum atomic E-state index is 5.92. The highest BCUT2D eigenvalue weighted by Crippen LogP contribution is 2.22. The van der Waals surface area contributed by atoms with Crippen molar-refractivity contribution < 1.29 is 4.74 Å². The number of hydrogen-bond acceptors (Lipinski definition) is 3. The first-order valence-electron chi connectivity index (χ1n) is 6.95. The van der Waals surface area contributed by atoms with Crippen LogP contribution in [0.15, 0.2) is 36.4 Å². The number of rotatable bonds is 5. The highest BCUT2D eigenvalue weighted by molar-refractivity contribution is 5.37. The minimum absolute atomic E-state index is 0.122. The molecule has 1 unspecified atom stereocenters. The van der Waals surface area contributed by atoms with Crippen LogP contribution in [0.25, 0.3) is 0 Å². The van der Waals surface area contributed by atoms with Crippen molar-refractivity contribution in [3.05, 3.63) is 58.9 Å². The fourth-order valence-corrected chi connectivity index (χ4v) is 2.19. The summed E-state index contributed by atoms with van der Waals surface area (Å²) in [6.07, 6.45) is 0.818. The van der Waals surface area contributed by atoms with E-state index in [0.717, 1.165) is 29.1 Å². The van der Waals surface area contributed by atoms with Crippen LogP contribution in [0.2, 0.25) is 0 Å². The van der Waals surface area contributed by atoms with Crippen LogP contribution >= 0.6 is 0 Å². The molecule has 0 saturated carbocycles. The number of ether oxygens (including phenoxy) is 1. The van der Waals surface area contributed by atoms with Gasteiger partial charge in [0.25, 0.3) is 0 Å². The molecule has 0 spiro atoms. The van der Waals surface area contributed by atoms with Gasteiger partial charge in [0.1, 0.15) is 12.4 Å². The zero-order valence-electron chi connectivity index (χ0n) is 12.4. The van der Waals surface area contributed by atoms with Crippen LogP contribution in [0.4, 0.5) is 0 Å². The highest BCUT2D eigenvalue weighted by Gasteiger charge is 2.07. The number of nitrogens with zero attached hydrogens (tertiary/aromatic N) is 1. The van der Waals surface area contributed by atoms with E-state index in [0.29, 0.717) is 6.61 Å². The Morgan fingerprint density at radius 1 is 1.20 bits per heavy atom. The SMILES string of the molecule is Cc1ccc(OCc2cccc(C)n2)c(CC(C)N)c1. The van der Waals surface area contributed by atoms with Gasteiger partial charge in [0.05, 0.1) is 5.69 Å². The zero-order chi connectivity index (χ0) is 14.5. The van der Waals surface area contributed by atoms with Crippen LogP contribution in [0.1, 0.15) is 29.4 Å². The lowest BCUT2D eigenvalue weighted by atomic mass is 10.0. The van der Waals surface area contributed by atoms with Crippen LogP contribution in [-0.2, 0) is 13.0 Å². The van der Waals surface area contributed by atoms with Gasteiger partial charge in [-0.05, 0) is 51.0 Å². The number of nitrogens with two attached hydrogens (primary N) is 1. The third-order valence-corrected chi connectivity index (χ3v) is 3.08. The predicted octanol–water partition coefficient (Wildman–Crippen LogP) is 3.17. The molecular formula is C17H22N2O. The maximum absolute atomic E-state index is 5.92. The maximum Gasteiger partial charge on any atom is 0.130 e. The van der Waals surface area contributed by atoms with E-state index in [9.17, 15) is 0 Å². The molecule has 0 fully saturated rings. The quantitative estimate of drug-likeness (QED) is 0.907. The van der Waals surface area contributed by atoms with Crippen LogP contribution in [0.3, 0.4) is 0 Å². The molecular weight excluding hydrogens is 248 g/mol. The van der Waals surface area contributed by atoms with Crippen LogP contribution in [0.5, 0.6) is 5.75 Å². The molecule has 3 heteroatoms. The van der Waals surface area contributed by atoms with Gasteiger partial charge in [-0.15, -0.1) is 0 Å². The van der Waals surface area contributed by atoms with E-state index in [2.05, 4.69) is 24.0 Å². The Morgan fingerprint density at radius 3 is 2.70 bits per heavy atom. The Balaban J connectivity index is 2.12. The van der Waals surface area contributed by atoms with E-state index in [1.54, 1.807) is 0 Å². The Kier molecular flexibility index (Phi) is 4.74. The smallest absolute Gasteiger partial charge is 0.130 e. The molecule has 0 radical (unpaired) electrons. The average molecular weight is 270 g/mol. The Bertz CT molecular complexity index is 579. The topological polar surface area (TPSA) is 48.1 Å². The van der Waals surface area contributed by atoms with Crippen molar-refractivity contribution in [2.45, 2.75) is 39.8 Å². The fourth-order valence-electron chi connectivity index (χ4n) is 2.19. The molecule has 2 N–H and O–H groups in total. The van der Waals surface area contributed by atoms with Gasteiger partial charge in [0.2, 0.25) is 0 Å². The summed E-state index contributed by atoms with van der Waals surface area (Å²) >= 11 is 0. The molecule has 2 aromatic rings. The van der Waals surface area contributed by atoms with E-state index < -0.39 is 0 Å². The van der Waals surface area contributed by atoms with Gasteiger partial charge in [0.15, 0.2) is 0 Å². The number of hydrogen-bond donors (Lipinski definition) is 1. The summed E-state index contributed by atoms with van der Waals surface area (Å²) in [7, 11) is 0. The summed E-state index contributed by atoms with van der Waals surface area (Å²) in [6, 6.07) is 12.3. The lowest BCUT2D eigenvalue weighted by Crippen LogP contribution is -2.18. The molecule has 3 nitrogen and oxygen atoms in total. The average Bonchev–Trinajstić information content (AvgIpc) is 2.37. The second-order valence-electron chi connectivity index (χ2n) is 5.35. The van der Waals surface area contributed by atoms with Crippen LogP contribution in [0, 0.1) is 13.8 Å². The first-order chi connectivity index (χ1) is 9.54. The molecule has 106 valence electrons. The number of pyridine rings is 1. The van der Waals surface area contributed by atoms with Crippen molar-refractivity contribution in [1.29, 1.82) is 0 Å². The lowest BCUT2D eigenvalue weighted by molar-refractivity contribution is 0.297. The summed E-state index contributed by atoms with van der Waals surface area (Å²) in [5, 5.41) is 0. The van der Waals surface area contributed by atoms with Crippen molar-refractivity contribution in [3.8, 4) is 5.75 Å². The molecule has 1 atom stereocenters. The normalized spacial score (nSPS) is 12.2. The van der Waals surface area contributed by atoms with Crippen molar-refractivity contribution in [2.75, 3.05) is 0 Å². The van der Waals surface area contributed by atoms with Crippen molar-refractivity contribution in [3.63, 3.8) is 0 Å². The minimum Gasteiger partial charge on any atom is -0.487 e. The second-order valence-corrected chi connectivity index (χ2v) is 5.35. The van der Waals surface area contributed by atoms with E-state index in [1.165, 1.54) is 5.56 Å². The van der Waals surface area contributed by atoms with Gasteiger partial charge in [0, 0.05) is 11.7 Å². The summed E-state index contributed by atoms with van der Waals surface area (Å²) in [6.45, 7) is 6.55. The summed E-state index contributed by atoms with van der Waals surface area (Å²) in [4.78, 5) is 4.45. The van der Waals surface area contributed by atoms with Gasteiger partial charge in [-0.25, -0.2) is 0 Å². The molecule has 0 aliphatic carbocycles. The molecule has 0 aliphatic rings. The molecule has 1 aromatic carbocycles. The Labute approximate surface area is 120 Å². The molecule has 2 rings (SSSR count). The van der Waals surface area contributed by atoms with E-state index in [-0.39, 0.29) is 6.04 Å². The van der Waals surface area contributed by atoms with Gasteiger partial charge in [-0.1, -0.05) is 23.8 Å². The number of benzene rings is 1. The standard InChI is InChI=1S/C17H22N2O/c1-12-7-8-17(15(9-12)10-13(2)18)20-11-16-6-4-5-14(3)19-16/h4-9,13H,10-11,18H2,1-3H3. The molecule has 20 heavy (non-hydrogen) atoms. The Hall–Kier alpha value is -1.87.